The van der Waals surface area contributed by atoms with Gasteiger partial charge in [0.2, 0.25) is 0 Å². The van der Waals surface area contributed by atoms with E-state index in [4.69, 9.17) is 14.2 Å². The van der Waals surface area contributed by atoms with Crippen LogP contribution in [0, 0.1) is 5.92 Å². The van der Waals surface area contributed by atoms with Crippen LogP contribution in [-0.2, 0) is 27.3 Å². The highest BCUT2D eigenvalue weighted by Crippen LogP contribution is 2.17. The van der Waals surface area contributed by atoms with Gasteiger partial charge in [0.1, 0.15) is 0 Å². The summed E-state index contributed by atoms with van der Waals surface area (Å²) in [4.78, 5) is 9.31. The molecule has 7 heteroatoms. The second-order valence-electron chi connectivity index (χ2n) is 8.84. The van der Waals surface area contributed by atoms with Crippen molar-refractivity contribution in [2.24, 2.45) is 10.9 Å². The minimum atomic E-state index is 0.307. The van der Waals surface area contributed by atoms with E-state index in [0.29, 0.717) is 31.3 Å². The number of ether oxygens (including phenoxy) is 3. The van der Waals surface area contributed by atoms with Gasteiger partial charge in [-0.1, -0.05) is 24.3 Å². The molecule has 2 saturated heterocycles. The van der Waals surface area contributed by atoms with E-state index in [1.807, 2.05) is 7.05 Å². The van der Waals surface area contributed by atoms with Crippen LogP contribution in [0.2, 0.25) is 0 Å². The molecule has 7 nitrogen and oxygen atoms in total. The van der Waals surface area contributed by atoms with E-state index in [2.05, 4.69) is 58.2 Å². The number of benzene rings is 1. The number of methoxy groups -OCH3 is 1. The summed E-state index contributed by atoms with van der Waals surface area (Å²) in [6.45, 7) is 12.2. The Kier molecular flexibility index (Phi) is 9.58. The van der Waals surface area contributed by atoms with Gasteiger partial charge in [0.25, 0.3) is 0 Å². The molecule has 2 aliphatic rings. The molecule has 1 N–H and O–H groups in total. The van der Waals surface area contributed by atoms with Crippen LogP contribution in [0.1, 0.15) is 31.4 Å². The molecule has 3 unspecified atom stereocenters. The molecule has 0 radical (unpaired) electrons. The van der Waals surface area contributed by atoms with Crippen LogP contribution in [0.5, 0.6) is 0 Å². The maximum atomic E-state index is 5.84. The molecule has 0 spiro atoms. The Morgan fingerprint density at radius 1 is 1.10 bits per heavy atom. The lowest BCUT2D eigenvalue weighted by Gasteiger charge is -2.35. The van der Waals surface area contributed by atoms with Crippen LogP contribution in [0.3, 0.4) is 0 Å². The highest BCUT2D eigenvalue weighted by Gasteiger charge is 2.25. The van der Waals surface area contributed by atoms with Crippen molar-refractivity contribution in [2.45, 2.75) is 45.6 Å². The fraction of sp³-hybridized carbons (Fsp3) is 0.708. The van der Waals surface area contributed by atoms with Gasteiger partial charge < -0.3 is 24.4 Å². The van der Waals surface area contributed by atoms with Crippen molar-refractivity contribution in [1.29, 1.82) is 0 Å². The molecule has 3 rings (SSSR count). The summed E-state index contributed by atoms with van der Waals surface area (Å²) in [5, 5.41) is 3.53. The van der Waals surface area contributed by atoms with Crippen LogP contribution in [0.25, 0.3) is 0 Å². The summed E-state index contributed by atoms with van der Waals surface area (Å²) in [5.74, 6) is 1.53. The lowest BCUT2D eigenvalue weighted by atomic mass is 10.1. The SMILES string of the molecule is CN=C(NCc1ccc(CN2CC(C)OC(C)C2)cc1)N1CCC(COCCOC)C1. The van der Waals surface area contributed by atoms with Crippen molar-refractivity contribution in [3.05, 3.63) is 35.4 Å². The minimum Gasteiger partial charge on any atom is -0.382 e. The highest BCUT2D eigenvalue weighted by atomic mass is 16.5. The predicted octanol–water partition coefficient (Wildman–Crippen LogP) is 2.36. The molecule has 0 bridgehead atoms. The van der Waals surface area contributed by atoms with Gasteiger partial charge in [-0.25, -0.2) is 0 Å². The summed E-state index contributed by atoms with van der Waals surface area (Å²) in [7, 11) is 3.56. The van der Waals surface area contributed by atoms with Gasteiger partial charge in [0.15, 0.2) is 5.96 Å². The van der Waals surface area contributed by atoms with Gasteiger partial charge in [-0.05, 0) is 31.4 Å². The predicted molar refractivity (Wildman–Crippen MR) is 124 cm³/mol. The molecule has 2 aliphatic heterocycles. The normalized spacial score (nSPS) is 25.2. The minimum absolute atomic E-state index is 0.307. The second-order valence-corrected chi connectivity index (χ2v) is 8.84. The average molecular weight is 433 g/mol. The molecule has 0 aliphatic carbocycles. The Morgan fingerprint density at radius 3 is 2.48 bits per heavy atom. The molecule has 31 heavy (non-hydrogen) atoms. The van der Waals surface area contributed by atoms with Gasteiger partial charge in [0.05, 0.1) is 32.0 Å². The van der Waals surface area contributed by atoms with E-state index in [0.717, 1.165) is 58.3 Å². The number of guanidine groups is 1. The van der Waals surface area contributed by atoms with E-state index in [1.165, 1.54) is 11.1 Å². The molecule has 1 aromatic carbocycles. The molecule has 0 saturated carbocycles. The summed E-state index contributed by atoms with van der Waals surface area (Å²) < 4.78 is 16.6. The van der Waals surface area contributed by atoms with Crippen LogP contribution in [0.15, 0.2) is 29.3 Å². The third kappa shape index (κ3) is 7.75. The fourth-order valence-corrected chi connectivity index (χ4v) is 4.50. The Hall–Kier alpha value is -1.67. The monoisotopic (exact) mass is 432 g/mol. The first kappa shape index (κ1) is 24.0. The number of rotatable bonds is 9. The molecule has 0 aromatic heterocycles. The number of nitrogens with zero attached hydrogens (tertiary/aromatic N) is 3. The number of morpholine rings is 1. The van der Waals surface area contributed by atoms with E-state index >= 15 is 0 Å². The standard InChI is InChI=1S/C24H40N4O3/c1-19-14-27(15-20(2)31-19)16-22-7-5-21(6-8-22)13-26-24(25-3)28-10-9-23(17-28)18-30-12-11-29-4/h5-8,19-20,23H,9-18H2,1-4H3,(H,25,26). The number of aliphatic imine (C=N–C) groups is 1. The van der Waals surface area contributed by atoms with Gasteiger partial charge in [-0.15, -0.1) is 0 Å². The molecular weight excluding hydrogens is 392 g/mol. The van der Waals surface area contributed by atoms with E-state index < -0.39 is 0 Å². The first-order valence-corrected chi connectivity index (χ1v) is 11.5. The summed E-state index contributed by atoms with van der Waals surface area (Å²) >= 11 is 0. The molecule has 1 aromatic rings. The van der Waals surface area contributed by atoms with Gasteiger partial charge in [-0.2, -0.15) is 0 Å². The van der Waals surface area contributed by atoms with Crippen molar-refractivity contribution < 1.29 is 14.2 Å². The molecule has 174 valence electrons. The van der Waals surface area contributed by atoms with Crippen LogP contribution < -0.4 is 5.32 Å². The zero-order valence-corrected chi connectivity index (χ0v) is 19.7. The van der Waals surface area contributed by atoms with E-state index in [9.17, 15) is 0 Å². The maximum Gasteiger partial charge on any atom is 0.193 e. The lowest BCUT2D eigenvalue weighted by molar-refractivity contribution is -0.0704. The van der Waals surface area contributed by atoms with Gasteiger partial charge in [0, 0.05) is 59.3 Å². The number of hydrogen-bond donors (Lipinski definition) is 1. The van der Waals surface area contributed by atoms with Crippen molar-refractivity contribution in [3.63, 3.8) is 0 Å². The van der Waals surface area contributed by atoms with Gasteiger partial charge in [-0.3, -0.25) is 9.89 Å². The van der Waals surface area contributed by atoms with Crippen molar-refractivity contribution in [2.75, 3.05) is 60.2 Å². The van der Waals surface area contributed by atoms with E-state index in [1.54, 1.807) is 7.11 Å². The van der Waals surface area contributed by atoms with Crippen molar-refractivity contribution in [1.82, 2.24) is 15.1 Å². The first-order chi connectivity index (χ1) is 15.1. The largest absolute Gasteiger partial charge is 0.382 e. The topological polar surface area (TPSA) is 58.6 Å². The molecule has 3 atom stereocenters. The second kappa shape index (κ2) is 12.4. The quantitative estimate of drug-likeness (QED) is 0.367. The van der Waals surface area contributed by atoms with Crippen molar-refractivity contribution >= 4 is 5.96 Å². The molecular formula is C24H40N4O3. The molecule has 2 heterocycles. The van der Waals surface area contributed by atoms with Crippen molar-refractivity contribution in [3.8, 4) is 0 Å². The molecule has 2 fully saturated rings. The Balaban J connectivity index is 1.41. The average Bonchev–Trinajstić information content (AvgIpc) is 3.21. The number of hydrogen-bond acceptors (Lipinski definition) is 5. The third-order valence-corrected chi connectivity index (χ3v) is 5.96. The fourth-order valence-electron chi connectivity index (χ4n) is 4.50. The maximum absolute atomic E-state index is 5.84. The highest BCUT2D eigenvalue weighted by molar-refractivity contribution is 5.80. The Bertz CT molecular complexity index is 672. The van der Waals surface area contributed by atoms with E-state index in [-0.39, 0.29) is 0 Å². The zero-order chi connectivity index (χ0) is 22.1. The Labute approximate surface area is 187 Å². The summed E-state index contributed by atoms with van der Waals surface area (Å²) in [6, 6.07) is 8.93. The lowest BCUT2D eigenvalue weighted by Crippen LogP contribution is -2.44. The third-order valence-electron chi connectivity index (χ3n) is 5.96. The van der Waals surface area contributed by atoms with Gasteiger partial charge >= 0.3 is 0 Å². The number of nitrogens with one attached hydrogen (secondary N) is 1. The number of likely N-dealkylation sites (tertiary alicyclic amines) is 1. The van der Waals surface area contributed by atoms with Crippen LogP contribution in [-0.4, -0.2) is 88.1 Å². The smallest absolute Gasteiger partial charge is 0.193 e. The van der Waals surface area contributed by atoms with Crippen LogP contribution >= 0.6 is 0 Å². The van der Waals surface area contributed by atoms with Crippen LogP contribution in [0.4, 0.5) is 0 Å². The Morgan fingerprint density at radius 2 is 1.81 bits per heavy atom. The first-order valence-electron chi connectivity index (χ1n) is 11.5. The zero-order valence-electron chi connectivity index (χ0n) is 19.7. The summed E-state index contributed by atoms with van der Waals surface area (Å²) in [6.07, 6.45) is 1.75. The summed E-state index contributed by atoms with van der Waals surface area (Å²) in [5.41, 5.74) is 2.62. The molecule has 0 amide bonds.